The molecule has 0 aliphatic carbocycles. The molecule has 0 radical (unpaired) electrons. The van der Waals surface area contributed by atoms with Crippen LogP contribution in [0, 0.1) is 6.92 Å². The van der Waals surface area contributed by atoms with E-state index in [9.17, 15) is 8.42 Å². The van der Waals surface area contributed by atoms with Crippen molar-refractivity contribution < 1.29 is 8.42 Å². The second-order valence-corrected chi connectivity index (χ2v) is 6.08. The van der Waals surface area contributed by atoms with E-state index in [4.69, 9.17) is 5.14 Å². The third kappa shape index (κ3) is 3.17. The Morgan fingerprint density at radius 2 is 2.10 bits per heavy atom. The summed E-state index contributed by atoms with van der Waals surface area (Å²) in [5, 5.41) is 12.6. The van der Waals surface area contributed by atoms with Gasteiger partial charge in [0.1, 0.15) is 0 Å². The highest BCUT2D eigenvalue weighted by atomic mass is 32.2. The first kappa shape index (κ1) is 14.5. The van der Waals surface area contributed by atoms with Gasteiger partial charge in [0.05, 0.1) is 17.1 Å². The minimum atomic E-state index is -3.68. The number of rotatable bonds is 5. The first-order valence-electron chi connectivity index (χ1n) is 6.30. The summed E-state index contributed by atoms with van der Waals surface area (Å²) < 4.78 is 24.6. The van der Waals surface area contributed by atoms with Gasteiger partial charge in [0, 0.05) is 18.4 Å². The summed E-state index contributed by atoms with van der Waals surface area (Å²) in [5.74, 6) is 0. The molecule has 2 rings (SSSR count). The van der Waals surface area contributed by atoms with Crippen molar-refractivity contribution in [3.05, 3.63) is 41.7 Å². The summed E-state index contributed by atoms with van der Waals surface area (Å²) in [4.78, 5) is 0.106. The van der Waals surface area contributed by atoms with Gasteiger partial charge in [-0.15, -0.1) is 0 Å². The Balaban J connectivity index is 2.21. The van der Waals surface area contributed by atoms with Crippen LogP contribution >= 0.6 is 0 Å². The second-order valence-electron chi connectivity index (χ2n) is 4.51. The Kier molecular flexibility index (Phi) is 4.10. The molecule has 0 unspecified atom stereocenters. The fourth-order valence-electron chi connectivity index (χ4n) is 1.95. The predicted molar refractivity (Wildman–Crippen MR) is 77.8 cm³/mol. The summed E-state index contributed by atoms with van der Waals surface area (Å²) in [6.07, 6.45) is 1.74. The number of aromatic nitrogens is 2. The summed E-state index contributed by atoms with van der Waals surface area (Å²) in [5.41, 5.74) is 2.74. The summed E-state index contributed by atoms with van der Waals surface area (Å²) in [7, 11) is -3.68. The first-order chi connectivity index (χ1) is 9.41. The fourth-order valence-corrected chi connectivity index (χ4v) is 2.49. The van der Waals surface area contributed by atoms with Crippen molar-refractivity contribution in [2.75, 3.05) is 5.32 Å². The molecule has 0 bridgehead atoms. The van der Waals surface area contributed by atoms with Gasteiger partial charge in [0.2, 0.25) is 10.0 Å². The summed E-state index contributed by atoms with van der Waals surface area (Å²) in [6, 6.07) is 6.72. The minimum absolute atomic E-state index is 0.106. The van der Waals surface area contributed by atoms with E-state index in [2.05, 4.69) is 10.4 Å². The van der Waals surface area contributed by atoms with Crippen LogP contribution in [0.25, 0.3) is 0 Å². The van der Waals surface area contributed by atoms with E-state index in [-0.39, 0.29) is 4.90 Å². The normalized spacial score (nSPS) is 11.6. The molecule has 1 aromatic heterocycles. The monoisotopic (exact) mass is 294 g/mol. The van der Waals surface area contributed by atoms with Gasteiger partial charge >= 0.3 is 0 Å². The van der Waals surface area contributed by atoms with Gasteiger partial charge in [-0.3, -0.25) is 4.68 Å². The molecular weight excluding hydrogens is 276 g/mol. The van der Waals surface area contributed by atoms with E-state index >= 15 is 0 Å². The van der Waals surface area contributed by atoms with Crippen LogP contribution in [0.2, 0.25) is 0 Å². The molecule has 3 N–H and O–H groups in total. The molecule has 6 nitrogen and oxygen atoms in total. The lowest BCUT2D eigenvalue weighted by Gasteiger charge is -2.11. The maximum atomic E-state index is 11.4. The topological polar surface area (TPSA) is 90.0 Å². The Morgan fingerprint density at radius 3 is 2.75 bits per heavy atom. The van der Waals surface area contributed by atoms with Gasteiger partial charge < -0.3 is 5.32 Å². The number of nitrogens with two attached hydrogens (primary N) is 1. The standard InChI is InChI=1S/C13H18N4O2S/c1-3-17-11(6-7-16-17)9-15-13-8-12(20(14,18)19)5-4-10(13)2/h4-8,15H,3,9H2,1-2H3,(H2,14,18,19). The number of hydrogen-bond donors (Lipinski definition) is 2. The number of nitrogens with zero attached hydrogens (tertiary/aromatic N) is 2. The van der Waals surface area contributed by atoms with Crippen LogP contribution in [-0.4, -0.2) is 18.2 Å². The van der Waals surface area contributed by atoms with Crippen molar-refractivity contribution in [3.63, 3.8) is 0 Å². The SMILES string of the molecule is CCn1nccc1CNc1cc(S(N)(=O)=O)ccc1C. The van der Waals surface area contributed by atoms with Crippen LogP contribution < -0.4 is 10.5 Å². The van der Waals surface area contributed by atoms with E-state index in [1.54, 1.807) is 18.3 Å². The zero-order valence-electron chi connectivity index (χ0n) is 11.5. The van der Waals surface area contributed by atoms with E-state index in [0.717, 1.165) is 23.5 Å². The predicted octanol–water partition coefficient (Wildman–Crippen LogP) is 1.47. The molecule has 1 heterocycles. The lowest BCUT2D eigenvalue weighted by atomic mass is 10.2. The van der Waals surface area contributed by atoms with Crippen LogP contribution in [0.4, 0.5) is 5.69 Å². The van der Waals surface area contributed by atoms with Crippen molar-refractivity contribution in [2.24, 2.45) is 5.14 Å². The average Bonchev–Trinajstić information content (AvgIpc) is 2.83. The zero-order chi connectivity index (χ0) is 14.8. The molecule has 0 saturated carbocycles. The van der Waals surface area contributed by atoms with Crippen molar-refractivity contribution in [1.29, 1.82) is 0 Å². The molecule has 20 heavy (non-hydrogen) atoms. The number of sulfonamides is 1. The molecule has 0 aliphatic rings. The van der Waals surface area contributed by atoms with E-state index in [0.29, 0.717) is 6.54 Å². The largest absolute Gasteiger partial charge is 0.379 e. The van der Waals surface area contributed by atoms with E-state index in [1.807, 2.05) is 24.6 Å². The highest BCUT2D eigenvalue weighted by molar-refractivity contribution is 7.89. The van der Waals surface area contributed by atoms with Crippen LogP contribution in [0.5, 0.6) is 0 Å². The summed E-state index contributed by atoms with van der Waals surface area (Å²) in [6.45, 7) is 5.29. The van der Waals surface area contributed by atoms with Gasteiger partial charge in [-0.1, -0.05) is 6.07 Å². The lowest BCUT2D eigenvalue weighted by molar-refractivity contribution is 0.598. The van der Waals surface area contributed by atoms with Gasteiger partial charge in [-0.05, 0) is 37.6 Å². The molecule has 2 aromatic rings. The van der Waals surface area contributed by atoms with E-state index < -0.39 is 10.0 Å². The minimum Gasteiger partial charge on any atom is -0.379 e. The zero-order valence-corrected chi connectivity index (χ0v) is 12.3. The molecule has 0 atom stereocenters. The molecule has 0 spiro atoms. The Labute approximate surface area is 118 Å². The molecule has 0 saturated heterocycles. The van der Waals surface area contributed by atoms with Gasteiger partial charge in [-0.25, -0.2) is 13.6 Å². The molecule has 0 amide bonds. The van der Waals surface area contributed by atoms with Crippen molar-refractivity contribution in [3.8, 4) is 0 Å². The summed E-state index contributed by atoms with van der Waals surface area (Å²) >= 11 is 0. The number of nitrogens with one attached hydrogen (secondary N) is 1. The lowest BCUT2D eigenvalue weighted by Crippen LogP contribution is -2.13. The molecule has 0 aliphatic heterocycles. The van der Waals surface area contributed by atoms with E-state index in [1.165, 1.54) is 6.07 Å². The molecule has 1 aromatic carbocycles. The van der Waals surface area contributed by atoms with Crippen LogP contribution in [0.1, 0.15) is 18.2 Å². The smallest absolute Gasteiger partial charge is 0.238 e. The van der Waals surface area contributed by atoms with Crippen LogP contribution in [0.3, 0.4) is 0 Å². The van der Waals surface area contributed by atoms with Gasteiger partial charge in [-0.2, -0.15) is 5.10 Å². The molecular formula is C13H18N4O2S. The molecule has 108 valence electrons. The number of anilines is 1. The van der Waals surface area contributed by atoms with Gasteiger partial charge in [0.25, 0.3) is 0 Å². The Bertz CT molecular complexity index is 707. The second kappa shape index (κ2) is 5.64. The molecule has 0 fully saturated rings. The molecule has 7 heteroatoms. The average molecular weight is 294 g/mol. The van der Waals surface area contributed by atoms with Gasteiger partial charge in [0.15, 0.2) is 0 Å². The third-order valence-electron chi connectivity index (χ3n) is 3.10. The highest BCUT2D eigenvalue weighted by Gasteiger charge is 2.10. The highest BCUT2D eigenvalue weighted by Crippen LogP contribution is 2.20. The number of aryl methyl sites for hydroxylation is 2. The fraction of sp³-hybridized carbons (Fsp3) is 0.308. The number of primary sulfonamides is 1. The Hall–Kier alpha value is -1.86. The van der Waals surface area contributed by atoms with Crippen LogP contribution in [-0.2, 0) is 23.1 Å². The number of benzene rings is 1. The maximum absolute atomic E-state index is 11.4. The first-order valence-corrected chi connectivity index (χ1v) is 7.84. The number of hydrogen-bond acceptors (Lipinski definition) is 4. The Morgan fingerprint density at radius 1 is 1.35 bits per heavy atom. The maximum Gasteiger partial charge on any atom is 0.238 e. The van der Waals surface area contributed by atoms with Crippen molar-refractivity contribution >= 4 is 15.7 Å². The van der Waals surface area contributed by atoms with Crippen molar-refractivity contribution in [1.82, 2.24) is 9.78 Å². The quantitative estimate of drug-likeness (QED) is 0.873. The van der Waals surface area contributed by atoms with Crippen molar-refractivity contribution in [2.45, 2.75) is 31.8 Å². The third-order valence-corrected chi connectivity index (χ3v) is 4.01. The van der Waals surface area contributed by atoms with Crippen LogP contribution in [0.15, 0.2) is 35.4 Å².